The third-order valence-corrected chi connectivity index (χ3v) is 1.44. The fraction of sp³-hybridized carbons (Fsp3) is 0.222. The summed E-state index contributed by atoms with van der Waals surface area (Å²) in [5, 5.41) is 9.22. The van der Waals surface area contributed by atoms with Gasteiger partial charge in [0.2, 0.25) is 0 Å². The Morgan fingerprint density at radius 2 is 2.42 bits per heavy atom. The van der Waals surface area contributed by atoms with E-state index in [1.165, 1.54) is 13.3 Å². The second-order valence-corrected chi connectivity index (χ2v) is 2.23. The van der Waals surface area contributed by atoms with Gasteiger partial charge in [-0.3, -0.25) is 4.98 Å². The number of rotatable bonds is 2. The van der Waals surface area contributed by atoms with Crippen molar-refractivity contribution in [3.63, 3.8) is 0 Å². The van der Waals surface area contributed by atoms with Gasteiger partial charge in [-0.1, -0.05) is 5.92 Å². The molecule has 0 aliphatic heterocycles. The van der Waals surface area contributed by atoms with E-state index in [4.69, 9.17) is 11.2 Å². The lowest BCUT2D eigenvalue weighted by Crippen LogP contribution is -1.95. The Hall–Kier alpha value is -1.53. The van der Waals surface area contributed by atoms with Crippen LogP contribution in [0.1, 0.15) is 11.7 Å². The van der Waals surface area contributed by atoms with Gasteiger partial charge in [0.05, 0.1) is 13.3 Å². The van der Waals surface area contributed by atoms with Crippen LogP contribution in [0.3, 0.4) is 0 Å². The molecule has 0 aliphatic carbocycles. The second kappa shape index (κ2) is 3.74. The Morgan fingerprint density at radius 1 is 1.67 bits per heavy atom. The summed E-state index contributed by atoms with van der Waals surface area (Å²) in [6, 6.07) is 1.65. The van der Waals surface area contributed by atoms with E-state index in [2.05, 4.69) is 10.9 Å². The van der Waals surface area contributed by atoms with Crippen LogP contribution in [0.4, 0.5) is 0 Å². The molecule has 1 rings (SSSR count). The molecular weight excluding hydrogens is 154 g/mol. The number of ether oxygens (including phenoxy) is 1. The van der Waals surface area contributed by atoms with Crippen molar-refractivity contribution in [3.05, 3.63) is 24.0 Å². The number of nitrogens with zero attached hydrogens (tertiary/aromatic N) is 1. The van der Waals surface area contributed by atoms with Crippen molar-refractivity contribution in [1.29, 1.82) is 0 Å². The van der Waals surface area contributed by atoms with Crippen LogP contribution in [0.15, 0.2) is 18.5 Å². The number of aromatic nitrogens is 1. The van der Waals surface area contributed by atoms with Crippen molar-refractivity contribution in [2.75, 3.05) is 7.11 Å². The van der Waals surface area contributed by atoms with Crippen LogP contribution in [0.25, 0.3) is 0 Å². The quantitative estimate of drug-likeness (QED) is 0.654. The number of pyridine rings is 1. The number of methoxy groups -OCH3 is 1. The van der Waals surface area contributed by atoms with Crippen LogP contribution < -0.4 is 4.74 Å². The van der Waals surface area contributed by atoms with E-state index in [9.17, 15) is 5.11 Å². The number of terminal acetylenes is 1. The van der Waals surface area contributed by atoms with Crippen molar-refractivity contribution in [2.45, 2.75) is 6.10 Å². The molecule has 0 saturated carbocycles. The van der Waals surface area contributed by atoms with E-state index >= 15 is 0 Å². The average Bonchev–Trinajstić information content (AvgIpc) is 2.17. The predicted molar refractivity (Wildman–Crippen MR) is 44.6 cm³/mol. The van der Waals surface area contributed by atoms with Crippen LogP contribution in [0.5, 0.6) is 5.75 Å². The van der Waals surface area contributed by atoms with Crippen LogP contribution in [0, 0.1) is 12.3 Å². The maximum Gasteiger partial charge on any atom is 0.141 e. The smallest absolute Gasteiger partial charge is 0.141 e. The zero-order valence-electron chi connectivity index (χ0n) is 6.69. The van der Waals surface area contributed by atoms with Gasteiger partial charge in [0.1, 0.15) is 11.9 Å². The van der Waals surface area contributed by atoms with E-state index in [-0.39, 0.29) is 0 Å². The minimum Gasteiger partial charge on any atom is -0.495 e. The largest absolute Gasteiger partial charge is 0.495 e. The van der Waals surface area contributed by atoms with Gasteiger partial charge >= 0.3 is 0 Å². The summed E-state index contributed by atoms with van der Waals surface area (Å²) in [5.74, 6) is 2.78. The van der Waals surface area contributed by atoms with Crippen LogP contribution in [-0.4, -0.2) is 17.2 Å². The van der Waals surface area contributed by atoms with E-state index < -0.39 is 6.10 Å². The Bertz CT molecular complexity index is 304. The van der Waals surface area contributed by atoms with Gasteiger partial charge in [-0.2, -0.15) is 0 Å². The normalized spacial score (nSPS) is 11.8. The molecule has 0 amide bonds. The number of aliphatic hydroxyl groups excluding tert-OH is 1. The standard InChI is InChI=1S/C9H9NO2/c1-3-9(11)7-4-8(12-2)6-10-5-7/h1,4-6,9,11H,2H3. The molecule has 1 aromatic rings. The molecule has 1 N–H and O–H groups in total. The fourth-order valence-corrected chi connectivity index (χ4v) is 0.793. The SMILES string of the molecule is C#CC(O)c1cncc(OC)c1. The number of hydrogen-bond donors (Lipinski definition) is 1. The van der Waals surface area contributed by atoms with E-state index in [1.807, 2.05) is 0 Å². The van der Waals surface area contributed by atoms with Crippen molar-refractivity contribution < 1.29 is 9.84 Å². The van der Waals surface area contributed by atoms with Crippen molar-refractivity contribution in [2.24, 2.45) is 0 Å². The highest BCUT2D eigenvalue weighted by molar-refractivity contribution is 5.28. The average molecular weight is 163 g/mol. The molecule has 12 heavy (non-hydrogen) atoms. The van der Waals surface area contributed by atoms with E-state index in [1.54, 1.807) is 12.3 Å². The number of hydrogen-bond acceptors (Lipinski definition) is 3. The zero-order chi connectivity index (χ0) is 8.97. The van der Waals surface area contributed by atoms with Gasteiger partial charge in [0.15, 0.2) is 0 Å². The molecule has 1 unspecified atom stereocenters. The number of aliphatic hydroxyl groups is 1. The molecule has 1 heterocycles. The lowest BCUT2D eigenvalue weighted by Gasteiger charge is -2.04. The van der Waals surface area contributed by atoms with Crippen molar-refractivity contribution in [3.8, 4) is 18.1 Å². The summed E-state index contributed by atoms with van der Waals surface area (Å²) in [5.41, 5.74) is 0.567. The van der Waals surface area contributed by atoms with Crippen LogP contribution in [0.2, 0.25) is 0 Å². The first-order chi connectivity index (χ1) is 5.77. The molecule has 62 valence electrons. The molecule has 1 atom stereocenters. The minimum atomic E-state index is -0.910. The molecule has 0 aliphatic rings. The Morgan fingerprint density at radius 3 is 3.00 bits per heavy atom. The highest BCUT2D eigenvalue weighted by Gasteiger charge is 2.04. The zero-order valence-corrected chi connectivity index (χ0v) is 6.69. The highest BCUT2D eigenvalue weighted by atomic mass is 16.5. The molecule has 0 saturated heterocycles. The van der Waals surface area contributed by atoms with Gasteiger partial charge in [-0.25, -0.2) is 0 Å². The lowest BCUT2D eigenvalue weighted by atomic mass is 10.2. The maximum atomic E-state index is 9.22. The van der Waals surface area contributed by atoms with Gasteiger partial charge in [-0.05, 0) is 6.07 Å². The van der Waals surface area contributed by atoms with Crippen molar-refractivity contribution >= 4 is 0 Å². The van der Waals surface area contributed by atoms with E-state index in [0.29, 0.717) is 11.3 Å². The van der Waals surface area contributed by atoms with Crippen LogP contribution in [-0.2, 0) is 0 Å². The molecule has 0 aromatic carbocycles. The summed E-state index contributed by atoms with van der Waals surface area (Å²) in [7, 11) is 1.53. The molecule has 0 fully saturated rings. The maximum absolute atomic E-state index is 9.22. The van der Waals surface area contributed by atoms with Crippen molar-refractivity contribution in [1.82, 2.24) is 4.98 Å². The summed E-state index contributed by atoms with van der Waals surface area (Å²) in [6.07, 6.45) is 7.17. The summed E-state index contributed by atoms with van der Waals surface area (Å²) < 4.78 is 4.91. The molecular formula is C9H9NO2. The third kappa shape index (κ3) is 1.74. The summed E-state index contributed by atoms with van der Waals surface area (Å²) >= 11 is 0. The first-order valence-corrected chi connectivity index (χ1v) is 3.41. The Kier molecular flexibility index (Phi) is 2.67. The van der Waals surface area contributed by atoms with Gasteiger partial charge < -0.3 is 9.84 Å². The minimum absolute atomic E-state index is 0.567. The molecule has 0 bridgehead atoms. The van der Waals surface area contributed by atoms with Gasteiger partial charge in [0.25, 0.3) is 0 Å². The first-order valence-electron chi connectivity index (χ1n) is 3.41. The van der Waals surface area contributed by atoms with Gasteiger partial charge in [0, 0.05) is 11.8 Å². The fourth-order valence-electron chi connectivity index (χ4n) is 0.793. The van der Waals surface area contributed by atoms with Crippen LogP contribution >= 0.6 is 0 Å². The summed E-state index contributed by atoms with van der Waals surface area (Å²) in [4.78, 5) is 3.84. The molecule has 0 radical (unpaired) electrons. The third-order valence-electron chi connectivity index (χ3n) is 1.44. The molecule has 3 nitrogen and oxygen atoms in total. The monoisotopic (exact) mass is 163 g/mol. The first kappa shape index (κ1) is 8.57. The second-order valence-electron chi connectivity index (χ2n) is 2.23. The Balaban J connectivity index is 2.95. The highest BCUT2D eigenvalue weighted by Crippen LogP contribution is 2.16. The lowest BCUT2D eigenvalue weighted by molar-refractivity contribution is 0.237. The Labute approximate surface area is 71.0 Å². The molecule has 3 heteroatoms. The molecule has 0 spiro atoms. The molecule has 1 aromatic heterocycles. The van der Waals surface area contributed by atoms with E-state index in [0.717, 1.165) is 0 Å². The van der Waals surface area contributed by atoms with Gasteiger partial charge in [-0.15, -0.1) is 6.42 Å². The summed E-state index contributed by atoms with van der Waals surface area (Å²) in [6.45, 7) is 0. The topological polar surface area (TPSA) is 42.4 Å². The predicted octanol–water partition coefficient (Wildman–Crippen LogP) is 0.757.